The van der Waals surface area contributed by atoms with E-state index in [1.165, 1.54) is 12.1 Å². The Balaban J connectivity index is 2.66. The molecule has 1 aromatic heterocycles. The first-order chi connectivity index (χ1) is 6.65. The SMILES string of the molecule is CCOCC(=O)c1ccc(C(=O)O)o1. The lowest BCUT2D eigenvalue weighted by Crippen LogP contribution is -2.07. The highest BCUT2D eigenvalue weighted by molar-refractivity contribution is 5.95. The van der Waals surface area contributed by atoms with Crippen molar-refractivity contribution in [3.05, 3.63) is 23.7 Å². The summed E-state index contributed by atoms with van der Waals surface area (Å²) in [6, 6.07) is 2.56. The van der Waals surface area contributed by atoms with Crippen LogP contribution in [0.1, 0.15) is 28.0 Å². The van der Waals surface area contributed by atoms with Crippen LogP contribution in [0.3, 0.4) is 0 Å². The molecule has 0 radical (unpaired) electrons. The molecule has 76 valence electrons. The van der Waals surface area contributed by atoms with Gasteiger partial charge in [0.15, 0.2) is 5.76 Å². The molecule has 0 aliphatic carbocycles. The molecule has 0 amide bonds. The van der Waals surface area contributed by atoms with Crippen molar-refractivity contribution in [2.24, 2.45) is 0 Å². The third-order valence-electron chi connectivity index (χ3n) is 1.53. The zero-order valence-corrected chi connectivity index (χ0v) is 7.65. The average Bonchev–Trinajstić information content (AvgIpc) is 2.62. The van der Waals surface area contributed by atoms with Crippen LogP contribution in [0, 0.1) is 0 Å². The zero-order valence-electron chi connectivity index (χ0n) is 7.65. The van der Waals surface area contributed by atoms with Gasteiger partial charge in [0.1, 0.15) is 6.61 Å². The van der Waals surface area contributed by atoms with Crippen molar-refractivity contribution in [3.8, 4) is 0 Å². The number of carboxylic acids is 1. The van der Waals surface area contributed by atoms with Gasteiger partial charge >= 0.3 is 5.97 Å². The van der Waals surface area contributed by atoms with Gasteiger partial charge in [-0.3, -0.25) is 4.79 Å². The first-order valence-electron chi connectivity index (χ1n) is 4.09. The molecule has 0 spiro atoms. The summed E-state index contributed by atoms with van der Waals surface area (Å²) in [6.07, 6.45) is 0. The lowest BCUT2D eigenvalue weighted by molar-refractivity contribution is 0.0653. The molecule has 0 aliphatic rings. The number of hydrogen-bond acceptors (Lipinski definition) is 4. The van der Waals surface area contributed by atoms with Crippen LogP contribution in [0.4, 0.5) is 0 Å². The minimum atomic E-state index is -1.19. The molecule has 1 heterocycles. The van der Waals surface area contributed by atoms with E-state index in [0.29, 0.717) is 6.61 Å². The van der Waals surface area contributed by atoms with Crippen LogP contribution in [0.5, 0.6) is 0 Å². The summed E-state index contributed by atoms with van der Waals surface area (Å²) in [7, 11) is 0. The molecule has 14 heavy (non-hydrogen) atoms. The Hall–Kier alpha value is -1.62. The van der Waals surface area contributed by atoms with Crippen LogP contribution in [0.25, 0.3) is 0 Å². The van der Waals surface area contributed by atoms with Crippen molar-refractivity contribution in [1.29, 1.82) is 0 Å². The highest BCUT2D eigenvalue weighted by atomic mass is 16.5. The highest BCUT2D eigenvalue weighted by Crippen LogP contribution is 2.08. The van der Waals surface area contributed by atoms with Gasteiger partial charge in [0.2, 0.25) is 11.5 Å². The van der Waals surface area contributed by atoms with Gasteiger partial charge in [-0.05, 0) is 19.1 Å². The number of ether oxygens (including phenoxy) is 1. The van der Waals surface area contributed by atoms with E-state index in [0.717, 1.165) is 0 Å². The van der Waals surface area contributed by atoms with E-state index >= 15 is 0 Å². The molecule has 0 saturated carbocycles. The molecule has 5 nitrogen and oxygen atoms in total. The van der Waals surface area contributed by atoms with Crippen molar-refractivity contribution in [3.63, 3.8) is 0 Å². The van der Waals surface area contributed by atoms with Gasteiger partial charge in [0, 0.05) is 6.61 Å². The maximum Gasteiger partial charge on any atom is 0.371 e. The van der Waals surface area contributed by atoms with E-state index in [1.807, 2.05) is 0 Å². The Kier molecular flexibility index (Phi) is 3.41. The van der Waals surface area contributed by atoms with Crippen molar-refractivity contribution in [1.82, 2.24) is 0 Å². The lowest BCUT2D eigenvalue weighted by atomic mass is 10.3. The van der Waals surface area contributed by atoms with Crippen molar-refractivity contribution in [2.75, 3.05) is 13.2 Å². The summed E-state index contributed by atoms with van der Waals surface area (Å²) in [4.78, 5) is 21.6. The van der Waals surface area contributed by atoms with E-state index in [2.05, 4.69) is 0 Å². The fourth-order valence-electron chi connectivity index (χ4n) is 0.869. The topological polar surface area (TPSA) is 76.7 Å². The van der Waals surface area contributed by atoms with Gasteiger partial charge in [-0.15, -0.1) is 0 Å². The fraction of sp³-hybridized carbons (Fsp3) is 0.333. The summed E-state index contributed by atoms with van der Waals surface area (Å²) in [6.45, 7) is 2.10. The fourth-order valence-corrected chi connectivity index (χ4v) is 0.869. The number of ketones is 1. The first kappa shape index (κ1) is 10.5. The van der Waals surface area contributed by atoms with Crippen molar-refractivity contribution in [2.45, 2.75) is 6.92 Å². The molecule has 5 heteroatoms. The Morgan fingerprint density at radius 2 is 2.07 bits per heavy atom. The number of carbonyl (C=O) groups is 2. The third-order valence-corrected chi connectivity index (χ3v) is 1.53. The summed E-state index contributed by atoms with van der Waals surface area (Å²) < 4.78 is 9.64. The summed E-state index contributed by atoms with van der Waals surface area (Å²) in [5.74, 6) is -1.79. The Labute approximate surface area is 80.3 Å². The second-order valence-corrected chi connectivity index (χ2v) is 2.53. The second-order valence-electron chi connectivity index (χ2n) is 2.53. The zero-order chi connectivity index (χ0) is 10.6. The number of Topliss-reactive ketones (excluding diaryl/α,β-unsaturated/α-hetero) is 1. The second kappa shape index (κ2) is 4.57. The minimum absolute atomic E-state index is 0.0100. The number of furan rings is 1. The van der Waals surface area contributed by atoms with Gasteiger partial charge in [-0.1, -0.05) is 0 Å². The summed E-state index contributed by atoms with van der Waals surface area (Å²) in [5, 5.41) is 8.52. The number of hydrogen-bond donors (Lipinski definition) is 1. The molecule has 0 aliphatic heterocycles. The van der Waals surface area contributed by atoms with Crippen LogP contribution in [-0.4, -0.2) is 30.1 Å². The number of carbonyl (C=O) groups excluding carboxylic acids is 1. The average molecular weight is 198 g/mol. The lowest BCUT2D eigenvalue weighted by Gasteiger charge is -1.96. The van der Waals surface area contributed by atoms with E-state index in [4.69, 9.17) is 14.3 Å². The molecular weight excluding hydrogens is 188 g/mol. The molecule has 1 rings (SSSR count). The predicted molar refractivity (Wildman–Crippen MR) is 46.5 cm³/mol. The van der Waals surface area contributed by atoms with Gasteiger partial charge in [-0.25, -0.2) is 4.79 Å². The number of aromatic carboxylic acids is 1. The normalized spacial score (nSPS) is 10.1. The molecule has 0 bridgehead atoms. The van der Waals surface area contributed by atoms with E-state index in [9.17, 15) is 9.59 Å². The highest BCUT2D eigenvalue weighted by Gasteiger charge is 2.14. The predicted octanol–water partition coefficient (Wildman–Crippen LogP) is 1.20. The van der Waals surface area contributed by atoms with Gasteiger partial charge in [0.25, 0.3) is 0 Å². The Morgan fingerprint density at radius 1 is 1.43 bits per heavy atom. The van der Waals surface area contributed by atoms with E-state index in [1.54, 1.807) is 6.92 Å². The molecular formula is C9H10O5. The Morgan fingerprint density at radius 3 is 2.57 bits per heavy atom. The summed E-state index contributed by atoms with van der Waals surface area (Å²) in [5.41, 5.74) is 0. The van der Waals surface area contributed by atoms with Crippen LogP contribution in [0.2, 0.25) is 0 Å². The van der Waals surface area contributed by atoms with Gasteiger partial charge < -0.3 is 14.3 Å². The molecule has 0 unspecified atom stereocenters. The molecule has 0 saturated heterocycles. The molecule has 0 aromatic carbocycles. The van der Waals surface area contributed by atoms with Gasteiger partial charge in [-0.2, -0.15) is 0 Å². The molecule has 1 N–H and O–H groups in total. The summed E-state index contributed by atoms with van der Waals surface area (Å²) >= 11 is 0. The first-order valence-corrected chi connectivity index (χ1v) is 4.09. The quantitative estimate of drug-likeness (QED) is 0.719. The number of carboxylic acid groups (broad SMARTS) is 1. The smallest absolute Gasteiger partial charge is 0.371 e. The minimum Gasteiger partial charge on any atom is -0.475 e. The molecule has 1 aromatic rings. The Bertz CT molecular complexity index is 339. The van der Waals surface area contributed by atoms with Gasteiger partial charge in [0.05, 0.1) is 0 Å². The van der Waals surface area contributed by atoms with Crippen molar-refractivity contribution < 1.29 is 23.8 Å². The van der Waals surface area contributed by atoms with Crippen LogP contribution >= 0.6 is 0 Å². The maximum atomic E-state index is 11.2. The largest absolute Gasteiger partial charge is 0.475 e. The third kappa shape index (κ3) is 2.43. The van der Waals surface area contributed by atoms with Crippen LogP contribution < -0.4 is 0 Å². The van der Waals surface area contributed by atoms with Crippen molar-refractivity contribution >= 4 is 11.8 Å². The molecule has 0 fully saturated rings. The number of rotatable bonds is 5. The van der Waals surface area contributed by atoms with Crippen LogP contribution in [-0.2, 0) is 4.74 Å². The van der Waals surface area contributed by atoms with Crippen LogP contribution in [0.15, 0.2) is 16.5 Å². The monoisotopic (exact) mass is 198 g/mol. The standard InChI is InChI=1S/C9H10O5/c1-2-13-5-6(10)7-3-4-8(14-7)9(11)12/h3-4H,2,5H2,1H3,(H,11,12). The maximum absolute atomic E-state index is 11.2. The van der Waals surface area contributed by atoms with E-state index < -0.39 is 5.97 Å². The molecule has 0 atom stereocenters. The van der Waals surface area contributed by atoms with E-state index in [-0.39, 0.29) is 23.9 Å².